The van der Waals surface area contributed by atoms with E-state index >= 15 is 0 Å². The Bertz CT molecular complexity index is 1600. The average molecular weight is 464 g/mol. The number of fused-ring (bicyclic) bond motifs is 1. The molecule has 0 bridgehead atoms. The summed E-state index contributed by atoms with van der Waals surface area (Å²) in [5, 5.41) is 0. The molecule has 0 unspecified atom stereocenters. The molecule has 36 heavy (non-hydrogen) atoms. The molecule has 0 aliphatic rings. The summed E-state index contributed by atoms with van der Waals surface area (Å²) in [4.78, 5) is 9.92. The summed E-state index contributed by atoms with van der Waals surface area (Å²) >= 11 is 0. The van der Waals surface area contributed by atoms with Gasteiger partial charge in [-0.3, -0.25) is 4.99 Å². The summed E-state index contributed by atoms with van der Waals surface area (Å²) in [5.41, 5.74) is 9.76. The van der Waals surface area contributed by atoms with Gasteiger partial charge in [0.25, 0.3) is 0 Å². The van der Waals surface area contributed by atoms with E-state index in [0.717, 1.165) is 50.4 Å². The van der Waals surface area contributed by atoms with E-state index < -0.39 is 0 Å². The van der Waals surface area contributed by atoms with Crippen LogP contribution in [0.3, 0.4) is 0 Å². The quantitative estimate of drug-likeness (QED) is 0.236. The largest absolute Gasteiger partial charge is 0.326 e. The molecular formula is C33H25N3. The van der Waals surface area contributed by atoms with Crippen LogP contribution in [-0.2, 0) is 7.05 Å². The Labute approximate surface area is 211 Å². The zero-order valence-electron chi connectivity index (χ0n) is 20.0. The molecule has 0 aliphatic heterocycles. The minimum Gasteiger partial charge on any atom is -0.326 e. The third kappa shape index (κ3) is 4.12. The Morgan fingerprint density at radius 2 is 1.08 bits per heavy atom. The molecule has 6 rings (SSSR count). The molecule has 0 amide bonds. The molecule has 0 aliphatic carbocycles. The molecule has 3 nitrogen and oxygen atoms in total. The first kappa shape index (κ1) is 21.8. The Morgan fingerprint density at radius 3 is 1.64 bits per heavy atom. The van der Waals surface area contributed by atoms with Crippen LogP contribution in [0, 0.1) is 0 Å². The number of rotatable bonds is 5. The molecule has 0 radical (unpaired) electrons. The number of hydrogen-bond acceptors (Lipinski definition) is 2. The van der Waals surface area contributed by atoms with Gasteiger partial charge in [-0.05, 0) is 46.5 Å². The van der Waals surface area contributed by atoms with E-state index in [9.17, 15) is 0 Å². The maximum Gasteiger partial charge on any atom is 0.152 e. The number of aryl methyl sites for hydroxylation is 1. The number of aromatic nitrogens is 2. The van der Waals surface area contributed by atoms with Crippen molar-refractivity contribution < 1.29 is 0 Å². The van der Waals surface area contributed by atoms with Gasteiger partial charge in [-0.25, -0.2) is 4.98 Å². The zero-order valence-corrected chi connectivity index (χ0v) is 20.0. The predicted molar refractivity (Wildman–Crippen MR) is 151 cm³/mol. The Balaban J connectivity index is 1.60. The van der Waals surface area contributed by atoms with Gasteiger partial charge in [-0.15, -0.1) is 0 Å². The fourth-order valence-corrected chi connectivity index (χ4v) is 4.65. The number of imidazole rings is 1. The van der Waals surface area contributed by atoms with E-state index in [1.165, 1.54) is 5.56 Å². The molecular weight excluding hydrogens is 438 g/mol. The van der Waals surface area contributed by atoms with E-state index in [1.807, 2.05) is 43.6 Å². The fourth-order valence-electron chi connectivity index (χ4n) is 4.65. The molecule has 0 N–H and O–H groups in total. The van der Waals surface area contributed by atoms with Crippen molar-refractivity contribution in [3.8, 4) is 33.4 Å². The minimum absolute atomic E-state index is 0.821. The van der Waals surface area contributed by atoms with Crippen LogP contribution in [0.4, 0.5) is 5.69 Å². The second-order valence-electron chi connectivity index (χ2n) is 8.79. The van der Waals surface area contributed by atoms with E-state index in [4.69, 9.17) is 9.98 Å². The maximum atomic E-state index is 5.11. The first-order chi connectivity index (χ1) is 17.8. The number of para-hydroxylation sites is 2. The normalized spacial score (nSPS) is 11.4. The monoisotopic (exact) mass is 463 g/mol. The van der Waals surface area contributed by atoms with Crippen LogP contribution in [0.5, 0.6) is 0 Å². The van der Waals surface area contributed by atoms with Gasteiger partial charge in [0.15, 0.2) is 5.82 Å². The minimum atomic E-state index is 0.821. The van der Waals surface area contributed by atoms with Crippen molar-refractivity contribution in [1.82, 2.24) is 9.55 Å². The van der Waals surface area contributed by atoms with Crippen molar-refractivity contribution >= 4 is 22.9 Å². The van der Waals surface area contributed by atoms with Gasteiger partial charge in [-0.2, -0.15) is 0 Å². The van der Waals surface area contributed by atoms with E-state index in [2.05, 4.69) is 102 Å². The van der Waals surface area contributed by atoms with Crippen molar-refractivity contribution in [3.05, 3.63) is 133 Å². The van der Waals surface area contributed by atoms with Crippen molar-refractivity contribution in [2.75, 3.05) is 0 Å². The first-order valence-corrected chi connectivity index (χ1v) is 12.1. The lowest BCUT2D eigenvalue weighted by atomic mass is 9.91. The molecule has 5 aromatic carbocycles. The molecule has 3 heteroatoms. The van der Waals surface area contributed by atoms with Crippen molar-refractivity contribution in [3.63, 3.8) is 0 Å². The van der Waals surface area contributed by atoms with Crippen LogP contribution < -0.4 is 0 Å². The van der Waals surface area contributed by atoms with Gasteiger partial charge in [-0.1, -0.05) is 103 Å². The van der Waals surface area contributed by atoms with Gasteiger partial charge >= 0.3 is 0 Å². The molecule has 1 aromatic heterocycles. The molecule has 0 atom stereocenters. The van der Waals surface area contributed by atoms with Crippen LogP contribution in [-0.4, -0.2) is 15.8 Å². The maximum absolute atomic E-state index is 5.11. The second-order valence-corrected chi connectivity index (χ2v) is 8.79. The molecule has 172 valence electrons. The third-order valence-corrected chi connectivity index (χ3v) is 6.52. The highest BCUT2D eigenvalue weighted by atomic mass is 15.1. The van der Waals surface area contributed by atoms with Gasteiger partial charge in [0.2, 0.25) is 0 Å². The van der Waals surface area contributed by atoms with Crippen molar-refractivity contribution in [2.45, 2.75) is 0 Å². The molecule has 0 saturated carbocycles. The lowest BCUT2D eigenvalue weighted by Crippen LogP contribution is -1.96. The van der Waals surface area contributed by atoms with Crippen LogP contribution in [0.15, 0.2) is 132 Å². The number of hydrogen-bond donors (Lipinski definition) is 0. The predicted octanol–water partition coefficient (Wildman–Crippen LogP) is 8.32. The van der Waals surface area contributed by atoms with Crippen molar-refractivity contribution in [1.29, 1.82) is 0 Å². The van der Waals surface area contributed by atoms with E-state index in [1.54, 1.807) is 0 Å². The topological polar surface area (TPSA) is 30.2 Å². The molecule has 0 saturated heterocycles. The smallest absolute Gasteiger partial charge is 0.152 e. The summed E-state index contributed by atoms with van der Waals surface area (Å²) < 4.78 is 2.08. The SMILES string of the molecule is Cn1c(C=Nc2c(-c3ccccc3)cc(-c3ccccc3)cc2-c2ccccc2)nc2ccccc21. The first-order valence-electron chi connectivity index (χ1n) is 12.1. The van der Waals surface area contributed by atoms with Gasteiger partial charge < -0.3 is 4.57 Å². The highest BCUT2D eigenvalue weighted by Crippen LogP contribution is 2.42. The Morgan fingerprint density at radius 1 is 0.583 bits per heavy atom. The summed E-state index contributed by atoms with van der Waals surface area (Å²) in [6.45, 7) is 0. The van der Waals surface area contributed by atoms with E-state index in [-0.39, 0.29) is 0 Å². The molecule has 6 aromatic rings. The Kier molecular flexibility index (Phi) is 5.72. The van der Waals surface area contributed by atoms with E-state index in [0.29, 0.717) is 0 Å². The van der Waals surface area contributed by atoms with Gasteiger partial charge in [0.05, 0.1) is 22.9 Å². The molecule has 0 spiro atoms. The summed E-state index contributed by atoms with van der Waals surface area (Å²) in [6, 6.07) is 44.2. The average Bonchev–Trinajstić information content (AvgIpc) is 3.28. The van der Waals surface area contributed by atoms with Crippen LogP contribution in [0.25, 0.3) is 44.4 Å². The highest BCUT2D eigenvalue weighted by molar-refractivity contribution is 5.96. The standard InChI is InChI=1S/C33H25N3/c1-36-31-20-12-11-19-30(31)35-32(36)23-34-33-28(25-15-7-3-8-16-25)21-27(24-13-5-2-6-14-24)22-29(33)26-17-9-4-10-18-26/h2-23H,1H3. The zero-order chi connectivity index (χ0) is 24.3. The number of aliphatic imine (C=N–C) groups is 1. The van der Waals surface area contributed by atoms with Crippen LogP contribution in [0.1, 0.15) is 5.82 Å². The number of benzene rings is 5. The summed E-state index contributed by atoms with van der Waals surface area (Å²) in [5.74, 6) is 0.821. The fraction of sp³-hybridized carbons (Fsp3) is 0.0303. The summed E-state index contributed by atoms with van der Waals surface area (Å²) in [7, 11) is 2.03. The lowest BCUT2D eigenvalue weighted by molar-refractivity contribution is 0.935. The molecule has 1 heterocycles. The molecule has 0 fully saturated rings. The third-order valence-electron chi connectivity index (χ3n) is 6.52. The van der Waals surface area contributed by atoms with Crippen LogP contribution in [0.2, 0.25) is 0 Å². The van der Waals surface area contributed by atoms with Crippen molar-refractivity contribution in [2.24, 2.45) is 12.0 Å². The van der Waals surface area contributed by atoms with Crippen LogP contribution >= 0.6 is 0 Å². The highest BCUT2D eigenvalue weighted by Gasteiger charge is 2.15. The van der Waals surface area contributed by atoms with Gasteiger partial charge in [0, 0.05) is 18.2 Å². The Hall–Kier alpha value is -4.76. The second kappa shape index (κ2) is 9.47. The van der Waals surface area contributed by atoms with Gasteiger partial charge in [0.1, 0.15) is 0 Å². The number of nitrogens with zero attached hydrogens (tertiary/aromatic N) is 3. The lowest BCUT2D eigenvalue weighted by Gasteiger charge is -2.16. The summed E-state index contributed by atoms with van der Waals surface area (Å²) in [6.07, 6.45) is 1.89.